The number of ether oxygens (including phenoxy) is 1. The van der Waals surface area contributed by atoms with E-state index in [0.717, 1.165) is 32.8 Å². The van der Waals surface area contributed by atoms with Gasteiger partial charge in [-0.25, -0.2) is 4.79 Å². The highest BCUT2D eigenvalue weighted by atomic mass is 35.5. The third-order valence-corrected chi connectivity index (χ3v) is 7.30. The summed E-state index contributed by atoms with van der Waals surface area (Å²) in [6, 6.07) is 10.8. The second kappa shape index (κ2) is 9.59. The molecule has 1 aliphatic rings. The van der Waals surface area contributed by atoms with Crippen LogP contribution in [0.3, 0.4) is 0 Å². The maximum absolute atomic E-state index is 12.2. The summed E-state index contributed by atoms with van der Waals surface area (Å²) in [6.07, 6.45) is 4.86. The molecule has 0 spiro atoms. The van der Waals surface area contributed by atoms with Crippen LogP contribution in [0.2, 0.25) is 10.0 Å². The maximum Gasteiger partial charge on any atom is 0.349 e. The van der Waals surface area contributed by atoms with Crippen molar-refractivity contribution in [2.24, 2.45) is 5.92 Å². The first kappa shape index (κ1) is 24.3. The summed E-state index contributed by atoms with van der Waals surface area (Å²) in [5.41, 5.74) is 7.45. The van der Waals surface area contributed by atoms with Crippen LogP contribution in [0.1, 0.15) is 49.8 Å². The molecule has 0 saturated heterocycles. The van der Waals surface area contributed by atoms with E-state index >= 15 is 0 Å². The van der Waals surface area contributed by atoms with Crippen LogP contribution in [0.15, 0.2) is 46.0 Å². The molecule has 0 amide bonds. The predicted molar refractivity (Wildman–Crippen MR) is 142 cm³/mol. The number of nitrogens with zero attached hydrogens (tertiary/aromatic N) is 3. The maximum atomic E-state index is 12.2. The Bertz CT molecular complexity index is 1570. The van der Waals surface area contributed by atoms with Crippen LogP contribution >= 0.6 is 23.2 Å². The van der Waals surface area contributed by atoms with Crippen molar-refractivity contribution in [1.82, 2.24) is 19.7 Å². The molecular formula is C26H25Cl2N5O3. The molecule has 0 unspecified atom stereocenters. The molecule has 2 aromatic heterocycles. The molecule has 5 rings (SSSR count). The van der Waals surface area contributed by atoms with Gasteiger partial charge in [0.1, 0.15) is 5.75 Å². The van der Waals surface area contributed by atoms with Crippen LogP contribution in [-0.4, -0.2) is 19.7 Å². The number of aromatic amines is 1. The molecule has 3 N–H and O–H groups in total. The molecule has 36 heavy (non-hydrogen) atoms. The number of nitrogens with two attached hydrogens (primary N) is 1. The Balaban J connectivity index is 1.45. The quantitative estimate of drug-likeness (QED) is 0.350. The lowest BCUT2D eigenvalue weighted by atomic mass is 9.81. The summed E-state index contributed by atoms with van der Waals surface area (Å²) in [5, 5.41) is 5.11. The number of benzene rings is 2. The molecule has 2 heterocycles. The zero-order valence-electron chi connectivity index (χ0n) is 19.8. The summed E-state index contributed by atoms with van der Waals surface area (Å²) in [4.78, 5) is 30.7. The molecule has 1 saturated carbocycles. The van der Waals surface area contributed by atoms with Gasteiger partial charge in [-0.3, -0.25) is 14.8 Å². The molecule has 0 bridgehead atoms. The van der Waals surface area contributed by atoms with Crippen LogP contribution in [0, 0.1) is 12.8 Å². The number of hydrogen-bond acceptors (Lipinski definition) is 6. The summed E-state index contributed by atoms with van der Waals surface area (Å²) in [5.74, 6) is 1.72. The molecule has 2 aromatic carbocycles. The van der Waals surface area contributed by atoms with Gasteiger partial charge >= 0.3 is 5.69 Å². The van der Waals surface area contributed by atoms with Crippen molar-refractivity contribution >= 4 is 39.9 Å². The molecule has 0 aliphatic heterocycles. The standard InChI is InChI=1S/C26H25Cl2N5O3/c1-13-3-5-15(6-4-13)22-9-14(2)18-12-17(7-8-21(18)30-22)36-23-19(27)10-16(11-20(23)28)33-26(35)31-25(34)24(29)32-33/h7-13,15H,3-6H2,1-2H3,(H2,29,32)(H,31,34,35). The number of aryl methyl sites for hydroxylation is 1. The first-order chi connectivity index (χ1) is 17.2. The Hall–Kier alpha value is -3.36. The average molecular weight is 526 g/mol. The van der Waals surface area contributed by atoms with Crippen molar-refractivity contribution in [2.45, 2.75) is 45.4 Å². The molecule has 4 aromatic rings. The van der Waals surface area contributed by atoms with Crippen LogP contribution in [0.25, 0.3) is 16.6 Å². The average Bonchev–Trinajstić information content (AvgIpc) is 2.84. The number of halogens is 2. The van der Waals surface area contributed by atoms with E-state index in [9.17, 15) is 9.59 Å². The molecule has 1 fully saturated rings. The number of anilines is 1. The lowest BCUT2D eigenvalue weighted by Gasteiger charge is -2.26. The Morgan fingerprint density at radius 1 is 1.06 bits per heavy atom. The van der Waals surface area contributed by atoms with Crippen molar-refractivity contribution in [1.29, 1.82) is 0 Å². The highest BCUT2D eigenvalue weighted by Gasteiger charge is 2.22. The summed E-state index contributed by atoms with van der Waals surface area (Å²) >= 11 is 12.9. The van der Waals surface area contributed by atoms with Gasteiger partial charge < -0.3 is 10.5 Å². The fourth-order valence-corrected chi connectivity index (χ4v) is 5.25. The predicted octanol–water partition coefficient (Wildman–Crippen LogP) is 5.75. The van der Waals surface area contributed by atoms with Gasteiger partial charge in [0.15, 0.2) is 5.75 Å². The van der Waals surface area contributed by atoms with E-state index in [0.29, 0.717) is 11.7 Å². The number of aromatic nitrogens is 4. The minimum atomic E-state index is -0.769. The van der Waals surface area contributed by atoms with Crippen molar-refractivity contribution < 1.29 is 4.74 Å². The minimum Gasteiger partial charge on any atom is -0.454 e. The van der Waals surface area contributed by atoms with E-state index in [4.69, 9.17) is 38.7 Å². The second-order valence-electron chi connectivity index (χ2n) is 9.40. The van der Waals surface area contributed by atoms with Gasteiger partial charge in [-0.15, -0.1) is 5.10 Å². The van der Waals surface area contributed by atoms with Crippen LogP contribution < -0.4 is 21.7 Å². The van der Waals surface area contributed by atoms with Crippen molar-refractivity contribution in [3.63, 3.8) is 0 Å². The molecule has 186 valence electrons. The van der Waals surface area contributed by atoms with Crippen LogP contribution in [0.4, 0.5) is 5.82 Å². The highest BCUT2D eigenvalue weighted by molar-refractivity contribution is 6.37. The molecule has 1 aliphatic carbocycles. The van der Waals surface area contributed by atoms with Gasteiger partial charge in [0, 0.05) is 17.0 Å². The third-order valence-electron chi connectivity index (χ3n) is 6.74. The first-order valence-electron chi connectivity index (χ1n) is 11.8. The number of hydrogen-bond donors (Lipinski definition) is 2. The smallest absolute Gasteiger partial charge is 0.349 e. The van der Waals surface area contributed by atoms with Crippen molar-refractivity contribution in [2.75, 3.05) is 5.73 Å². The normalized spacial score (nSPS) is 17.9. The number of nitrogens with one attached hydrogen (secondary N) is 1. The zero-order chi connectivity index (χ0) is 25.6. The van der Waals surface area contributed by atoms with E-state index in [1.807, 2.05) is 18.2 Å². The largest absolute Gasteiger partial charge is 0.454 e. The molecule has 0 radical (unpaired) electrons. The van der Waals surface area contributed by atoms with E-state index in [1.54, 1.807) is 0 Å². The Kier molecular flexibility index (Phi) is 6.49. The zero-order valence-corrected chi connectivity index (χ0v) is 21.4. The lowest BCUT2D eigenvalue weighted by Crippen LogP contribution is -2.33. The van der Waals surface area contributed by atoms with Gasteiger partial charge in [-0.1, -0.05) is 43.0 Å². The topological polar surface area (TPSA) is 116 Å². The Morgan fingerprint density at radius 3 is 2.44 bits per heavy atom. The van der Waals surface area contributed by atoms with Crippen LogP contribution in [0.5, 0.6) is 11.5 Å². The monoisotopic (exact) mass is 525 g/mol. The minimum absolute atomic E-state index is 0.160. The number of rotatable bonds is 4. The summed E-state index contributed by atoms with van der Waals surface area (Å²) in [6.45, 7) is 4.40. The van der Waals surface area contributed by atoms with Gasteiger partial charge in [-0.05, 0) is 67.6 Å². The van der Waals surface area contributed by atoms with Gasteiger partial charge in [0.05, 0.1) is 21.2 Å². The van der Waals surface area contributed by atoms with Gasteiger partial charge in [0.25, 0.3) is 5.56 Å². The highest BCUT2D eigenvalue weighted by Crippen LogP contribution is 2.40. The van der Waals surface area contributed by atoms with Crippen LogP contribution in [-0.2, 0) is 0 Å². The number of H-pyrrole nitrogens is 1. The fraction of sp³-hybridized carbons (Fsp3) is 0.308. The van der Waals surface area contributed by atoms with E-state index in [-0.39, 0.29) is 27.3 Å². The van der Waals surface area contributed by atoms with Gasteiger partial charge in [0.2, 0.25) is 5.82 Å². The SMILES string of the molecule is Cc1cc(C2CCC(C)CC2)nc2ccc(Oc3c(Cl)cc(-n4nc(N)c(=O)[nH]c4=O)cc3Cl)cc12. The van der Waals surface area contributed by atoms with Gasteiger partial charge in [-0.2, -0.15) is 4.68 Å². The second-order valence-corrected chi connectivity index (χ2v) is 10.2. The fourth-order valence-electron chi connectivity index (χ4n) is 4.70. The Morgan fingerprint density at radius 2 is 1.75 bits per heavy atom. The number of pyridine rings is 1. The van der Waals surface area contributed by atoms with Crippen molar-refractivity contribution in [3.8, 4) is 17.2 Å². The van der Waals surface area contributed by atoms with Crippen molar-refractivity contribution in [3.05, 3.63) is 78.5 Å². The molecular weight excluding hydrogens is 501 g/mol. The first-order valence-corrected chi connectivity index (χ1v) is 12.5. The third kappa shape index (κ3) is 4.70. The summed E-state index contributed by atoms with van der Waals surface area (Å²) < 4.78 is 6.95. The lowest BCUT2D eigenvalue weighted by molar-refractivity contribution is 0.344. The van der Waals surface area contributed by atoms with E-state index < -0.39 is 11.2 Å². The molecule has 10 heteroatoms. The Labute approximate surface area is 217 Å². The number of nitrogen functional groups attached to an aromatic ring is 1. The summed E-state index contributed by atoms with van der Waals surface area (Å²) in [7, 11) is 0. The molecule has 8 nitrogen and oxygen atoms in total. The van der Waals surface area contributed by atoms with E-state index in [1.165, 1.54) is 37.8 Å². The molecule has 0 atom stereocenters. The number of fused-ring (bicyclic) bond motifs is 1. The van der Waals surface area contributed by atoms with E-state index in [2.05, 4.69) is 30.0 Å².